The number of likely N-dealkylation sites (N-methyl/N-ethyl adjacent to an activating group) is 1. The van der Waals surface area contributed by atoms with Gasteiger partial charge in [-0.2, -0.15) is 5.26 Å². The zero-order valence-corrected chi connectivity index (χ0v) is 13.2. The van der Waals surface area contributed by atoms with E-state index in [9.17, 15) is 4.79 Å². The second-order valence-corrected chi connectivity index (χ2v) is 6.12. The summed E-state index contributed by atoms with van der Waals surface area (Å²) in [5, 5.41) is 12.0. The van der Waals surface area contributed by atoms with Gasteiger partial charge < -0.3 is 9.80 Å². The van der Waals surface area contributed by atoms with Gasteiger partial charge in [-0.25, -0.2) is 0 Å². The number of benzene rings is 1. The minimum atomic E-state index is 0.0784. The molecule has 1 aromatic carbocycles. The Balaban J connectivity index is 2.11. The molecule has 1 amide bonds. The topological polar surface area (TPSA) is 52.9 Å². The third-order valence-electron chi connectivity index (χ3n) is 4.59. The number of hydrogen-bond donors (Lipinski definition) is 1. The highest BCUT2D eigenvalue weighted by Gasteiger charge is 2.32. The molecule has 1 aliphatic heterocycles. The van der Waals surface area contributed by atoms with Crippen molar-refractivity contribution >= 4 is 11.6 Å². The lowest BCUT2D eigenvalue weighted by Crippen LogP contribution is -2.50. The van der Waals surface area contributed by atoms with E-state index in [1.165, 1.54) is 12.8 Å². The summed E-state index contributed by atoms with van der Waals surface area (Å²) in [6.07, 6.45) is 2.44. The number of hydrogen-bond acceptors (Lipinski definition) is 2. The average Bonchev–Trinajstić information content (AvgIpc) is 2.91. The minimum Gasteiger partial charge on any atom is -0.321 e. The van der Waals surface area contributed by atoms with E-state index in [1.54, 1.807) is 0 Å². The summed E-state index contributed by atoms with van der Waals surface area (Å²) in [7, 11) is 0. The number of carbonyl (C=O) groups is 1. The van der Waals surface area contributed by atoms with Crippen molar-refractivity contribution < 1.29 is 9.28 Å². The van der Waals surface area contributed by atoms with Gasteiger partial charge in [0.25, 0.3) is 5.91 Å². The van der Waals surface area contributed by atoms with Crippen LogP contribution in [0.15, 0.2) is 12.1 Å². The SMILES string of the molecule is CC[N+]1(CC(=O)Nc2c(C)cc(C#N)cc2C)CCCC1. The molecule has 1 fully saturated rings. The van der Waals surface area contributed by atoms with Gasteiger partial charge in [0.1, 0.15) is 0 Å². The van der Waals surface area contributed by atoms with Gasteiger partial charge in [0.05, 0.1) is 31.3 Å². The van der Waals surface area contributed by atoms with E-state index in [-0.39, 0.29) is 5.91 Å². The third kappa shape index (κ3) is 3.43. The zero-order chi connectivity index (χ0) is 15.5. The number of nitriles is 1. The monoisotopic (exact) mass is 286 g/mol. The van der Waals surface area contributed by atoms with Gasteiger partial charge in [-0.05, 0) is 44.0 Å². The van der Waals surface area contributed by atoms with E-state index >= 15 is 0 Å². The standard InChI is InChI=1S/C17H23N3O/c1-4-20(7-5-6-8-20)12-16(21)19-17-13(2)9-15(11-18)10-14(17)3/h9-10H,4-8,12H2,1-3H3/p+1. The summed E-state index contributed by atoms with van der Waals surface area (Å²) in [5.74, 6) is 0.0784. The molecule has 0 saturated carbocycles. The molecule has 1 aliphatic rings. The van der Waals surface area contributed by atoms with Gasteiger partial charge in [-0.1, -0.05) is 0 Å². The van der Waals surface area contributed by atoms with Crippen LogP contribution in [0.5, 0.6) is 0 Å². The lowest BCUT2D eigenvalue weighted by Gasteiger charge is -2.32. The molecule has 0 unspecified atom stereocenters. The van der Waals surface area contributed by atoms with Crippen molar-refractivity contribution in [2.24, 2.45) is 0 Å². The number of likely N-dealkylation sites (tertiary alicyclic amines) is 1. The molecule has 4 heteroatoms. The first-order chi connectivity index (χ1) is 9.99. The van der Waals surface area contributed by atoms with Crippen LogP contribution in [0, 0.1) is 25.2 Å². The molecule has 0 aliphatic carbocycles. The van der Waals surface area contributed by atoms with Crippen LogP contribution in [0.3, 0.4) is 0 Å². The predicted molar refractivity (Wildman–Crippen MR) is 83.9 cm³/mol. The largest absolute Gasteiger partial charge is 0.321 e. The molecule has 0 aromatic heterocycles. The first-order valence-electron chi connectivity index (χ1n) is 7.66. The van der Waals surface area contributed by atoms with Crippen molar-refractivity contribution in [3.8, 4) is 6.07 Å². The van der Waals surface area contributed by atoms with Crippen molar-refractivity contribution in [2.45, 2.75) is 33.6 Å². The van der Waals surface area contributed by atoms with Crippen molar-refractivity contribution in [3.63, 3.8) is 0 Å². The molecular formula is C17H24N3O+. The maximum absolute atomic E-state index is 12.4. The molecule has 4 nitrogen and oxygen atoms in total. The average molecular weight is 286 g/mol. The summed E-state index contributed by atoms with van der Waals surface area (Å²) in [6.45, 7) is 9.81. The number of anilines is 1. The molecule has 0 atom stereocenters. The Morgan fingerprint density at radius 2 is 1.86 bits per heavy atom. The number of quaternary nitrogens is 1. The number of amides is 1. The summed E-state index contributed by atoms with van der Waals surface area (Å²) < 4.78 is 0.903. The summed E-state index contributed by atoms with van der Waals surface area (Å²) in [4.78, 5) is 12.4. The van der Waals surface area contributed by atoms with Crippen LogP contribution in [0.4, 0.5) is 5.69 Å². The second kappa shape index (κ2) is 6.28. The molecule has 0 bridgehead atoms. The number of nitrogens with one attached hydrogen (secondary N) is 1. The van der Waals surface area contributed by atoms with E-state index in [1.807, 2.05) is 26.0 Å². The van der Waals surface area contributed by atoms with Crippen LogP contribution in [0.1, 0.15) is 36.5 Å². The fourth-order valence-corrected chi connectivity index (χ4v) is 3.30. The minimum absolute atomic E-state index is 0.0784. The molecular weight excluding hydrogens is 262 g/mol. The Bertz CT molecular complexity index is 557. The molecule has 112 valence electrons. The number of nitrogens with zero attached hydrogens (tertiary/aromatic N) is 2. The van der Waals surface area contributed by atoms with Crippen molar-refractivity contribution in [1.29, 1.82) is 5.26 Å². The Labute approximate surface area is 127 Å². The van der Waals surface area contributed by atoms with E-state index in [0.717, 1.165) is 40.9 Å². The lowest BCUT2D eigenvalue weighted by molar-refractivity contribution is -0.907. The molecule has 1 aromatic rings. The third-order valence-corrected chi connectivity index (χ3v) is 4.59. The highest BCUT2D eigenvalue weighted by molar-refractivity contribution is 5.93. The summed E-state index contributed by atoms with van der Waals surface area (Å²) >= 11 is 0. The first kappa shape index (κ1) is 15.5. The Morgan fingerprint density at radius 1 is 1.29 bits per heavy atom. The molecule has 1 N–H and O–H groups in total. The van der Waals surface area contributed by atoms with Gasteiger partial charge in [0.15, 0.2) is 6.54 Å². The highest BCUT2D eigenvalue weighted by atomic mass is 16.2. The van der Waals surface area contributed by atoms with Crippen LogP contribution in [-0.2, 0) is 4.79 Å². The van der Waals surface area contributed by atoms with Crippen molar-refractivity contribution in [2.75, 3.05) is 31.5 Å². The smallest absolute Gasteiger partial charge is 0.279 e. The first-order valence-corrected chi connectivity index (χ1v) is 7.66. The number of rotatable bonds is 4. The number of aryl methyl sites for hydroxylation is 2. The highest BCUT2D eigenvalue weighted by Crippen LogP contribution is 2.23. The molecule has 2 rings (SSSR count). The van der Waals surface area contributed by atoms with E-state index in [0.29, 0.717) is 12.1 Å². The van der Waals surface area contributed by atoms with Gasteiger partial charge in [0.2, 0.25) is 0 Å². The van der Waals surface area contributed by atoms with Crippen LogP contribution in [-0.4, -0.2) is 36.6 Å². The van der Waals surface area contributed by atoms with Crippen LogP contribution < -0.4 is 5.32 Å². The van der Waals surface area contributed by atoms with E-state index < -0.39 is 0 Å². The van der Waals surface area contributed by atoms with Crippen LogP contribution in [0.25, 0.3) is 0 Å². The predicted octanol–water partition coefficient (Wildman–Crippen LogP) is 2.74. The summed E-state index contributed by atoms with van der Waals surface area (Å²) in [5.41, 5.74) is 3.39. The van der Waals surface area contributed by atoms with Gasteiger partial charge in [-0.3, -0.25) is 4.79 Å². The zero-order valence-electron chi connectivity index (χ0n) is 13.2. The molecule has 21 heavy (non-hydrogen) atoms. The Kier molecular flexibility index (Phi) is 4.64. The van der Waals surface area contributed by atoms with Crippen LogP contribution in [0.2, 0.25) is 0 Å². The van der Waals surface area contributed by atoms with Gasteiger partial charge >= 0.3 is 0 Å². The van der Waals surface area contributed by atoms with Crippen molar-refractivity contribution in [3.05, 3.63) is 28.8 Å². The normalized spacial score (nSPS) is 16.5. The van der Waals surface area contributed by atoms with Gasteiger partial charge in [-0.15, -0.1) is 0 Å². The molecule has 0 spiro atoms. The second-order valence-electron chi connectivity index (χ2n) is 6.12. The maximum atomic E-state index is 12.4. The summed E-state index contributed by atoms with van der Waals surface area (Å²) in [6, 6.07) is 5.79. The molecule has 1 heterocycles. The van der Waals surface area contributed by atoms with E-state index in [4.69, 9.17) is 5.26 Å². The lowest BCUT2D eigenvalue weighted by atomic mass is 10.0. The Hall–Kier alpha value is -1.86. The fraction of sp³-hybridized carbons (Fsp3) is 0.529. The molecule has 0 radical (unpaired) electrons. The maximum Gasteiger partial charge on any atom is 0.279 e. The van der Waals surface area contributed by atoms with Gasteiger partial charge in [0, 0.05) is 18.5 Å². The van der Waals surface area contributed by atoms with E-state index in [2.05, 4.69) is 18.3 Å². The Morgan fingerprint density at radius 3 is 2.33 bits per heavy atom. The number of carbonyl (C=O) groups excluding carboxylic acids is 1. The quantitative estimate of drug-likeness (QED) is 0.865. The fourth-order valence-electron chi connectivity index (χ4n) is 3.30. The van der Waals surface area contributed by atoms with Crippen LogP contribution >= 0.6 is 0 Å². The van der Waals surface area contributed by atoms with Crippen molar-refractivity contribution in [1.82, 2.24) is 0 Å². The molecule has 1 saturated heterocycles.